The fourth-order valence-electron chi connectivity index (χ4n) is 2.17. The van der Waals surface area contributed by atoms with E-state index < -0.39 is 5.91 Å². The smallest absolute Gasteiger partial charge is 0.277 e. The van der Waals surface area contributed by atoms with Gasteiger partial charge in [-0.1, -0.05) is 0 Å². The molecule has 0 saturated carbocycles. The Balaban J connectivity index is 2.05. The molecule has 0 unspecified atom stereocenters. The molecule has 1 heterocycles. The minimum atomic E-state index is -0.727. The van der Waals surface area contributed by atoms with E-state index in [1.165, 1.54) is 6.08 Å². The summed E-state index contributed by atoms with van der Waals surface area (Å²) < 4.78 is 0. The number of carbonyl (C=O) groups is 3. The molecule has 2 N–H and O–H groups in total. The Morgan fingerprint density at radius 2 is 1.91 bits per heavy atom. The number of primary amides is 1. The molecule has 2 rings (SSSR count). The molecule has 8 heteroatoms. The molecule has 1 amide bonds. The molecule has 1 aromatic rings. The quantitative estimate of drug-likeness (QED) is 0.776. The fourth-order valence-corrected chi connectivity index (χ4v) is 2.99. The van der Waals surface area contributed by atoms with Crippen molar-refractivity contribution in [3.8, 4) is 0 Å². The maximum absolute atomic E-state index is 12.4. The normalized spacial score (nSPS) is 14.4. The van der Waals surface area contributed by atoms with Gasteiger partial charge in [0, 0.05) is 25.2 Å². The van der Waals surface area contributed by atoms with Crippen LogP contribution in [0.2, 0.25) is 0 Å². The van der Waals surface area contributed by atoms with Crippen LogP contribution in [-0.4, -0.2) is 73.0 Å². The number of carbonyl (C=O) groups excluding carboxylic acids is 3. The van der Waals surface area contributed by atoms with Crippen molar-refractivity contribution in [2.24, 2.45) is 5.73 Å². The van der Waals surface area contributed by atoms with E-state index in [0.29, 0.717) is 18.5 Å². The number of ketones is 2. The lowest BCUT2D eigenvalue weighted by Crippen LogP contribution is -2.30. The lowest BCUT2D eigenvalue weighted by atomic mass is 9.96. The summed E-state index contributed by atoms with van der Waals surface area (Å²) in [4.78, 5) is 44.0. The van der Waals surface area contributed by atoms with Crippen LogP contribution in [0.5, 0.6) is 0 Å². The standard InChI is InChI=1S/C15H20N4O3S/c1-18(2)6-7-19(3)5-4-9-8-10(20)13-11(12(9)21)17-15(23-13)14(16)22/h8H,4-7H2,1-3H3,(H2,16,22). The maximum atomic E-state index is 12.4. The van der Waals surface area contributed by atoms with Gasteiger partial charge >= 0.3 is 0 Å². The number of rotatable bonds is 7. The average molecular weight is 336 g/mol. The van der Waals surface area contributed by atoms with E-state index in [-0.39, 0.29) is 27.1 Å². The van der Waals surface area contributed by atoms with Crippen LogP contribution in [-0.2, 0) is 0 Å². The predicted octanol–water partition coefficient (Wildman–Crippen LogP) is 0.431. The molecule has 1 aliphatic carbocycles. The van der Waals surface area contributed by atoms with Crippen LogP contribution in [0.4, 0.5) is 0 Å². The van der Waals surface area contributed by atoms with Crippen molar-refractivity contribution < 1.29 is 14.4 Å². The molecule has 0 saturated heterocycles. The molecule has 0 fully saturated rings. The first kappa shape index (κ1) is 17.5. The number of nitrogens with zero attached hydrogens (tertiary/aromatic N) is 3. The van der Waals surface area contributed by atoms with Gasteiger partial charge in [0.25, 0.3) is 5.91 Å². The van der Waals surface area contributed by atoms with Gasteiger partial charge in [-0.05, 0) is 33.6 Å². The van der Waals surface area contributed by atoms with Crippen molar-refractivity contribution >= 4 is 28.8 Å². The summed E-state index contributed by atoms with van der Waals surface area (Å²) in [6.45, 7) is 2.46. The summed E-state index contributed by atoms with van der Waals surface area (Å²) in [7, 11) is 5.97. The zero-order valence-corrected chi connectivity index (χ0v) is 14.3. The number of hydrogen-bond acceptors (Lipinski definition) is 7. The molecule has 1 aromatic heterocycles. The molecule has 23 heavy (non-hydrogen) atoms. The van der Waals surface area contributed by atoms with Crippen LogP contribution in [0, 0.1) is 0 Å². The summed E-state index contributed by atoms with van der Waals surface area (Å²) in [5.41, 5.74) is 5.65. The molecule has 0 radical (unpaired) electrons. The Morgan fingerprint density at radius 1 is 1.22 bits per heavy atom. The van der Waals surface area contributed by atoms with E-state index in [1.807, 2.05) is 21.1 Å². The Bertz CT molecular complexity index is 678. The Labute approximate surface area is 138 Å². The number of hydrogen-bond donors (Lipinski definition) is 1. The van der Waals surface area contributed by atoms with E-state index in [2.05, 4.69) is 14.8 Å². The van der Waals surface area contributed by atoms with Gasteiger partial charge in [0.05, 0.1) is 0 Å². The van der Waals surface area contributed by atoms with Gasteiger partial charge in [0.1, 0.15) is 10.6 Å². The van der Waals surface area contributed by atoms with E-state index in [0.717, 1.165) is 24.4 Å². The van der Waals surface area contributed by atoms with Crippen LogP contribution in [0.3, 0.4) is 0 Å². The lowest BCUT2D eigenvalue weighted by Gasteiger charge is -2.20. The summed E-state index contributed by atoms with van der Waals surface area (Å²) in [5, 5.41) is -0.00514. The minimum Gasteiger partial charge on any atom is -0.364 e. The first-order valence-corrected chi connectivity index (χ1v) is 8.04. The van der Waals surface area contributed by atoms with Gasteiger partial charge < -0.3 is 15.5 Å². The van der Waals surface area contributed by atoms with Gasteiger partial charge in [-0.15, -0.1) is 11.3 Å². The largest absolute Gasteiger partial charge is 0.364 e. The molecule has 0 atom stereocenters. The molecule has 0 spiro atoms. The third-order valence-corrected chi connectivity index (χ3v) is 4.65. The Morgan fingerprint density at radius 3 is 2.52 bits per heavy atom. The molecule has 1 aliphatic rings. The Hall–Kier alpha value is -1.90. The monoisotopic (exact) mass is 336 g/mol. The molecular formula is C15H20N4O3S. The van der Waals surface area contributed by atoms with Crippen LogP contribution in [0.25, 0.3) is 0 Å². The van der Waals surface area contributed by atoms with Crippen LogP contribution in [0.15, 0.2) is 11.6 Å². The predicted molar refractivity (Wildman–Crippen MR) is 88.0 cm³/mol. The second kappa shape index (κ2) is 7.12. The third kappa shape index (κ3) is 4.10. The van der Waals surface area contributed by atoms with Gasteiger partial charge in [0.15, 0.2) is 10.8 Å². The zero-order valence-electron chi connectivity index (χ0n) is 13.5. The lowest BCUT2D eigenvalue weighted by molar-refractivity contribution is 0.0977. The van der Waals surface area contributed by atoms with E-state index >= 15 is 0 Å². The van der Waals surface area contributed by atoms with E-state index in [4.69, 9.17) is 5.73 Å². The van der Waals surface area contributed by atoms with Crippen molar-refractivity contribution in [2.75, 3.05) is 40.8 Å². The molecule has 0 aromatic carbocycles. The zero-order chi connectivity index (χ0) is 17.1. The summed E-state index contributed by atoms with van der Waals surface area (Å²) in [5.74, 6) is -1.30. The third-order valence-electron chi connectivity index (χ3n) is 3.57. The highest BCUT2D eigenvalue weighted by Gasteiger charge is 2.30. The van der Waals surface area contributed by atoms with E-state index in [1.54, 1.807) is 0 Å². The summed E-state index contributed by atoms with van der Waals surface area (Å²) >= 11 is 0.876. The van der Waals surface area contributed by atoms with Crippen molar-refractivity contribution in [2.45, 2.75) is 6.42 Å². The van der Waals surface area contributed by atoms with Gasteiger partial charge in [-0.25, -0.2) is 4.98 Å². The van der Waals surface area contributed by atoms with Crippen LogP contribution < -0.4 is 5.73 Å². The first-order chi connectivity index (χ1) is 10.8. The molecule has 124 valence electrons. The van der Waals surface area contributed by atoms with Gasteiger partial charge in [0.2, 0.25) is 5.78 Å². The fraction of sp³-hybridized carbons (Fsp3) is 0.467. The number of likely N-dealkylation sites (N-methyl/N-ethyl adjacent to an activating group) is 2. The summed E-state index contributed by atoms with van der Waals surface area (Å²) in [6, 6.07) is 0. The Kier molecular flexibility index (Phi) is 5.40. The highest BCUT2D eigenvalue weighted by molar-refractivity contribution is 7.16. The second-order valence-electron chi connectivity index (χ2n) is 5.78. The number of amides is 1. The first-order valence-electron chi connectivity index (χ1n) is 7.23. The van der Waals surface area contributed by atoms with Crippen molar-refractivity contribution in [3.05, 3.63) is 27.2 Å². The van der Waals surface area contributed by atoms with E-state index in [9.17, 15) is 14.4 Å². The number of aromatic nitrogens is 1. The second-order valence-corrected chi connectivity index (χ2v) is 6.78. The van der Waals surface area contributed by atoms with Crippen molar-refractivity contribution in [3.63, 3.8) is 0 Å². The molecular weight excluding hydrogens is 316 g/mol. The number of Topliss-reactive ketones (excluding diaryl/α,β-unsaturated/α-hetero) is 1. The van der Waals surface area contributed by atoms with Crippen molar-refractivity contribution in [1.29, 1.82) is 0 Å². The highest BCUT2D eigenvalue weighted by atomic mass is 32.1. The number of nitrogens with two attached hydrogens (primary N) is 1. The number of fused-ring (bicyclic) bond motifs is 1. The topological polar surface area (TPSA) is 96.6 Å². The van der Waals surface area contributed by atoms with Gasteiger partial charge in [-0.2, -0.15) is 0 Å². The molecule has 7 nitrogen and oxygen atoms in total. The highest BCUT2D eigenvalue weighted by Crippen LogP contribution is 2.27. The maximum Gasteiger partial charge on any atom is 0.277 e. The van der Waals surface area contributed by atoms with Crippen molar-refractivity contribution in [1.82, 2.24) is 14.8 Å². The van der Waals surface area contributed by atoms with Crippen LogP contribution in [0.1, 0.15) is 36.4 Å². The van der Waals surface area contributed by atoms with Crippen LogP contribution >= 0.6 is 11.3 Å². The molecule has 0 aliphatic heterocycles. The van der Waals surface area contributed by atoms with Gasteiger partial charge in [-0.3, -0.25) is 14.4 Å². The average Bonchev–Trinajstić information content (AvgIpc) is 2.93. The molecule has 0 bridgehead atoms. The number of thiazole rings is 1. The SMILES string of the molecule is CN(C)CCN(C)CCC1=CC(=O)c2sc(C(N)=O)nc2C1=O. The minimum absolute atomic E-state index is 0.00514. The summed E-state index contributed by atoms with van der Waals surface area (Å²) in [6.07, 6.45) is 1.82. The number of allylic oxidation sites excluding steroid dienone is 1.